The van der Waals surface area contributed by atoms with Crippen LogP contribution in [0.5, 0.6) is 5.75 Å². The Morgan fingerprint density at radius 1 is 1.19 bits per heavy atom. The molecule has 0 unspecified atom stereocenters. The van der Waals surface area contributed by atoms with Crippen LogP contribution in [0.25, 0.3) is 0 Å². The third kappa shape index (κ3) is 5.08. The van der Waals surface area contributed by atoms with Gasteiger partial charge in [-0.2, -0.15) is 0 Å². The molecule has 21 heavy (non-hydrogen) atoms. The molecule has 0 radical (unpaired) electrons. The summed E-state index contributed by atoms with van der Waals surface area (Å²) in [5, 5.41) is 23.3. The number of anilines is 1. The number of nitrogens with one attached hydrogen (secondary N) is 1. The zero-order chi connectivity index (χ0) is 14.5. The Hall–Kier alpha value is -1.49. The molecule has 0 aliphatic rings. The minimum absolute atomic E-state index is 0. The monoisotopic (exact) mass is 293 g/mol. The quantitative estimate of drug-likeness (QED) is 0.532. The SMILES string of the molecule is Cc1ccc(CCNc2ccc(O)c(C(=O)[O-])c2)cc1.[Na+]. The van der Waals surface area contributed by atoms with Gasteiger partial charge in [0.15, 0.2) is 0 Å². The van der Waals surface area contributed by atoms with Gasteiger partial charge in [0.05, 0.1) is 5.97 Å². The summed E-state index contributed by atoms with van der Waals surface area (Å²) in [6.45, 7) is 2.72. The van der Waals surface area contributed by atoms with E-state index in [1.54, 1.807) is 6.07 Å². The minimum Gasteiger partial charge on any atom is -0.545 e. The molecule has 4 nitrogen and oxygen atoms in total. The van der Waals surface area contributed by atoms with E-state index in [2.05, 4.69) is 29.6 Å². The molecule has 2 rings (SSSR count). The predicted molar refractivity (Wildman–Crippen MR) is 75.8 cm³/mol. The first-order valence-corrected chi connectivity index (χ1v) is 6.40. The summed E-state index contributed by atoms with van der Waals surface area (Å²) in [6.07, 6.45) is 0.835. The molecular formula is C16H16NNaO3. The summed E-state index contributed by atoms with van der Waals surface area (Å²) < 4.78 is 0. The molecule has 0 aliphatic carbocycles. The van der Waals surface area contributed by atoms with Gasteiger partial charge >= 0.3 is 29.6 Å². The summed E-state index contributed by atoms with van der Waals surface area (Å²) in [6, 6.07) is 12.6. The van der Waals surface area contributed by atoms with Crippen molar-refractivity contribution in [3.8, 4) is 5.75 Å². The first-order valence-electron chi connectivity index (χ1n) is 6.40. The maximum atomic E-state index is 10.8. The van der Waals surface area contributed by atoms with Crippen molar-refractivity contribution < 1.29 is 44.6 Å². The minimum atomic E-state index is -1.38. The van der Waals surface area contributed by atoms with E-state index >= 15 is 0 Å². The number of phenols is 1. The number of aromatic hydroxyl groups is 1. The van der Waals surface area contributed by atoms with Crippen LogP contribution in [0.3, 0.4) is 0 Å². The third-order valence-corrected chi connectivity index (χ3v) is 3.08. The second-order valence-corrected chi connectivity index (χ2v) is 4.68. The standard InChI is InChI=1S/C16H17NO3.Na/c1-11-2-4-12(5-3-11)8-9-17-13-6-7-15(18)14(10-13)16(19)20;/h2-7,10,17-18H,8-9H2,1H3,(H,19,20);/q;+1/p-1. The Morgan fingerprint density at radius 3 is 2.48 bits per heavy atom. The van der Waals surface area contributed by atoms with E-state index in [0.717, 1.165) is 6.42 Å². The molecule has 0 bridgehead atoms. The number of carbonyl (C=O) groups is 1. The number of hydrogen-bond acceptors (Lipinski definition) is 4. The van der Waals surface area contributed by atoms with E-state index in [1.165, 1.54) is 23.3 Å². The van der Waals surface area contributed by atoms with Crippen LogP contribution < -0.4 is 40.0 Å². The van der Waals surface area contributed by atoms with Gasteiger partial charge in [0.2, 0.25) is 0 Å². The van der Waals surface area contributed by atoms with Gasteiger partial charge < -0.3 is 20.3 Å². The number of carboxylic acid groups (broad SMARTS) is 1. The fourth-order valence-corrected chi connectivity index (χ4v) is 1.92. The van der Waals surface area contributed by atoms with Gasteiger partial charge in [-0.1, -0.05) is 29.8 Å². The molecular weight excluding hydrogens is 277 g/mol. The van der Waals surface area contributed by atoms with Gasteiger partial charge in [0, 0.05) is 17.8 Å². The van der Waals surface area contributed by atoms with E-state index in [9.17, 15) is 15.0 Å². The summed E-state index contributed by atoms with van der Waals surface area (Å²) >= 11 is 0. The average Bonchev–Trinajstić information content (AvgIpc) is 2.42. The van der Waals surface area contributed by atoms with Crippen LogP contribution in [0.1, 0.15) is 21.5 Å². The molecule has 2 aromatic rings. The van der Waals surface area contributed by atoms with Crippen molar-refractivity contribution >= 4 is 11.7 Å². The molecule has 2 aromatic carbocycles. The van der Waals surface area contributed by atoms with Gasteiger partial charge in [-0.25, -0.2) is 0 Å². The first-order chi connectivity index (χ1) is 9.56. The van der Waals surface area contributed by atoms with Gasteiger partial charge in [0.1, 0.15) is 5.75 Å². The predicted octanol–water partition coefficient (Wildman–Crippen LogP) is -1.28. The molecule has 104 valence electrons. The van der Waals surface area contributed by atoms with E-state index in [1.807, 2.05) is 6.92 Å². The topological polar surface area (TPSA) is 72.4 Å². The Kier molecular flexibility index (Phi) is 6.75. The zero-order valence-electron chi connectivity index (χ0n) is 12.2. The maximum Gasteiger partial charge on any atom is 1.00 e. The summed E-state index contributed by atoms with van der Waals surface area (Å²) in [4.78, 5) is 10.8. The van der Waals surface area contributed by atoms with Gasteiger partial charge in [0.25, 0.3) is 0 Å². The number of aryl methyl sites for hydroxylation is 1. The molecule has 5 heteroatoms. The number of carboxylic acids is 1. The maximum absolute atomic E-state index is 10.8. The van der Waals surface area contributed by atoms with E-state index in [0.29, 0.717) is 12.2 Å². The van der Waals surface area contributed by atoms with Crippen LogP contribution in [0.2, 0.25) is 0 Å². The smallest absolute Gasteiger partial charge is 0.545 e. The summed E-state index contributed by atoms with van der Waals surface area (Å²) in [7, 11) is 0. The third-order valence-electron chi connectivity index (χ3n) is 3.08. The Morgan fingerprint density at radius 2 is 1.86 bits per heavy atom. The zero-order valence-corrected chi connectivity index (χ0v) is 14.2. The molecule has 0 spiro atoms. The Balaban J connectivity index is 0.00000220. The second kappa shape index (κ2) is 8.08. The van der Waals surface area contributed by atoms with Crippen LogP contribution in [0, 0.1) is 6.92 Å². The molecule has 0 fully saturated rings. The summed E-state index contributed by atoms with van der Waals surface area (Å²) in [5.74, 6) is -1.67. The molecule has 2 N–H and O–H groups in total. The van der Waals surface area contributed by atoms with Crippen LogP contribution >= 0.6 is 0 Å². The molecule has 0 heterocycles. The molecule has 0 amide bonds. The molecule has 0 saturated heterocycles. The van der Waals surface area contributed by atoms with Crippen LogP contribution in [0.15, 0.2) is 42.5 Å². The number of aromatic carboxylic acids is 1. The van der Waals surface area contributed by atoms with Gasteiger partial charge in [-0.05, 0) is 37.1 Å². The van der Waals surface area contributed by atoms with Crippen molar-refractivity contribution in [2.24, 2.45) is 0 Å². The van der Waals surface area contributed by atoms with Crippen molar-refractivity contribution in [2.75, 3.05) is 11.9 Å². The number of hydrogen-bond donors (Lipinski definition) is 2. The number of rotatable bonds is 5. The fraction of sp³-hybridized carbons (Fsp3) is 0.188. The molecule has 0 saturated carbocycles. The average molecular weight is 293 g/mol. The van der Waals surface area contributed by atoms with Crippen molar-refractivity contribution in [1.82, 2.24) is 0 Å². The number of benzene rings is 2. The molecule has 0 aromatic heterocycles. The molecule has 0 aliphatic heterocycles. The first kappa shape index (κ1) is 17.6. The van der Waals surface area contributed by atoms with Crippen molar-refractivity contribution in [2.45, 2.75) is 13.3 Å². The fourth-order valence-electron chi connectivity index (χ4n) is 1.92. The number of carbonyl (C=O) groups excluding carboxylic acids is 1. The van der Waals surface area contributed by atoms with Crippen molar-refractivity contribution in [1.29, 1.82) is 0 Å². The van der Waals surface area contributed by atoms with E-state index in [4.69, 9.17) is 0 Å². The van der Waals surface area contributed by atoms with Crippen LogP contribution in [-0.2, 0) is 6.42 Å². The van der Waals surface area contributed by atoms with Crippen molar-refractivity contribution in [3.63, 3.8) is 0 Å². The normalized spacial score (nSPS) is 9.76. The van der Waals surface area contributed by atoms with Gasteiger partial charge in [-0.15, -0.1) is 0 Å². The van der Waals surface area contributed by atoms with Crippen LogP contribution in [0.4, 0.5) is 5.69 Å². The largest absolute Gasteiger partial charge is 1.00 e. The Labute approximate surface area is 146 Å². The molecule has 0 atom stereocenters. The Bertz CT molecular complexity index is 611. The van der Waals surface area contributed by atoms with Gasteiger partial charge in [-0.3, -0.25) is 0 Å². The van der Waals surface area contributed by atoms with E-state index < -0.39 is 5.97 Å². The van der Waals surface area contributed by atoms with Crippen molar-refractivity contribution in [3.05, 3.63) is 59.2 Å². The van der Waals surface area contributed by atoms with E-state index in [-0.39, 0.29) is 40.9 Å². The van der Waals surface area contributed by atoms with Crippen LogP contribution in [-0.4, -0.2) is 17.6 Å². The summed E-state index contributed by atoms with van der Waals surface area (Å²) in [5.41, 5.74) is 2.88. The second-order valence-electron chi connectivity index (χ2n) is 4.68.